The summed E-state index contributed by atoms with van der Waals surface area (Å²) in [6.07, 6.45) is 3.48. The molecule has 2 aromatic rings. The standard InChI is InChI=1S/C15H18N6OS2/c1-3-21-12(11-5-4-6-16-9-11)19-20-15(21)24-10(2)13(22)18-14-17-7-8-23-14/h4-6,9-10H,3,7-8H2,1-2H3,(H,17,18,22)/t10-/m1/s1. The second-order valence-corrected chi connectivity index (χ2v) is 7.47. The van der Waals surface area contributed by atoms with Gasteiger partial charge < -0.3 is 9.88 Å². The minimum absolute atomic E-state index is 0.0678. The molecule has 3 rings (SSSR count). The SMILES string of the molecule is CCn1c(S[C@H](C)C(=O)NC2=NCCS2)nnc1-c1cccnc1. The zero-order valence-electron chi connectivity index (χ0n) is 13.5. The van der Waals surface area contributed by atoms with Gasteiger partial charge in [-0.05, 0) is 26.0 Å². The summed E-state index contributed by atoms with van der Waals surface area (Å²) in [4.78, 5) is 20.7. The molecule has 0 aromatic carbocycles. The van der Waals surface area contributed by atoms with Gasteiger partial charge in [0.15, 0.2) is 16.1 Å². The van der Waals surface area contributed by atoms with Crippen LogP contribution in [-0.4, -0.2) is 48.4 Å². The molecule has 9 heteroatoms. The van der Waals surface area contributed by atoms with E-state index >= 15 is 0 Å². The number of nitrogens with zero attached hydrogens (tertiary/aromatic N) is 5. The molecule has 0 aliphatic carbocycles. The molecular formula is C15H18N6OS2. The number of thioether (sulfide) groups is 2. The number of carbonyl (C=O) groups excluding carboxylic acids is 1. The molecule has 0 unspecified atom stereocenters. The highest BCUT2D eigenvalue weighted by Gasteiger charge is 2.22. The number of amides is 1. The van der Waals surface area contributed by atoms with Crippen molar-refractivity contribution >= 4 is 34.6 Å². The predicted molar refractivity (Wildman–Crippen MR) is 97.1 cm³/mol. The number of amidine groups is 1. The van der Waals surface area contributed by atoms with Crippen molar-refractivity contribution in [2.75, 3.05) is 12.3 Å². The zero-order valence-corrected chi connectivity index (χ0v) is 15.1. The molecule has 1 aliphatic heterocycles. The molecule has 0 spiro atoms. The summed E-state index contributed by atoms with van der Waals surface area (Å²) in [6.45, 7) is 5.37. The number of hydrogen-bond acceptors (Lipinski definition) is 7. The second-order valence-electron chi connectivity index (χ2n) is 5.08. The molecule has 0 fully saturated rings. The minimum Gasteiger partial charge on any atom is -0.304 e. The quantitative estimate of drug-likeness (QED) is 0.820. The summed E-state index contributed by atoms with van der Waals surface area (Å²) in [5, 5.41) is 12.5. The van der Waals surface area contributed by atoms with Crippen LogP contribution in [0.25, 0.3) is 11.4 Å². The molecule has 0 radical (unpaired) electrons. The molecule has 0 bridgehead atoms. The summed E-state index contributed by atoms with van der Waals surface area (Å²) in [7, 11) is 0. The van der Waals surface area contributed by atoms with Gasteiger partial charge in [0.2, 0.25) is 5.91 Å². The van der Waals surface area contributed by atoms with Crippen LogP contribution < -0.4 is 5.32 Å². The van der Waals surface area contributed by atoms with Crippen LogP contribution in [-0.2, 0) is 11.3 Å². The van der Waals surface area contributed by atoms with E-state index in [1.165, 1.54) is 11.8 Å². The molecule has 24 heavy (non-hydrogen) atoms. The molecule has 0 saturated carbocycles. The van der Waals surface area contributed by atoms with Crippen molar-refractivity contribution in [1.29, 1.82) is 0 Å². The first kappa shape index (κ1) is 17.0. The summed E-state index contributed by atoms with van der Waals surface area (Å²) < 4.78 is 1.99. The Labute approximate surface area is 148 Å². The third kappa shape index (κ3) is 3.78. The fourth-order valence-corrected chi connectivity index (χ4v) is 3.84. The van der Waals surface area contributed by atoms with Crippen molar-refractivity contribution in [2.24, 2.45) is 4.99 Å². The number of aliphatic imine (C=N–C) groups is 1. The maximum absolute atomic E-state index is 12.3. The summed E-state index contributed by atoms with van der Waals surface area (Å²) in [5.41, 5.74) is 0.910. The van der Waals surface area contributed by atoms with E-state index in [1.54, 1.807) is 24.2 Å². The van der Waals surface area contributed by atoms with Gasteiger partial charge in [-0.1, -0.05) is 23.5 Å². The lowest BCUT2D eigenvalue weighted by atomic mass is 10.3. The fourth-order valence-electron chi connectivity index (χ4n) is 2.20. The molecule has 1 amide bonds. The minimum atomic E-state index is -0.287. The first-order valence-electron chi connectivity index (χ1n) is 7.67. The normalized spacial score (nSPS) is 15.2. The first-order chi connectivity index (χ1) is 11.7. The highest BCUT2D eigenvalue weighted by atomic mass is 32.2. The number of pyridine rings is 1. The Hall–Kier alpha value is -1.87. The van der Waals surface area contributed by atoms with Gasteiger partial charge in [-0.3, -0.25) is 14.8 Å². The highest BCUT2D eigenvalue weighted by Crippen LogP contribution is 2.26. The third-order valence-electron chi connectivity index (χ3n) is 3.42. The summed E-state index contributed by atoms with van der Waals surface area (Å²) >= 11 is 2.97. The van der Waals surface area contributed by atoms with Gasteiger partial charge in [0.05, 0.1) is 11.8 Å². The first-order valence-corrected chi connectivity index (χ1v) is 9.54. The Morgan fingerprint density at radius 3 is 3.04 bits per heavy atom. The molecule has 7 nitrogen and oxygen atoms in total. The van der Waals surface area contributed by atoms with Gasteiger partial charge >= 0.3 is 0 Å². The molecule has 1 N–H and O–H groups in total. The Kier molecular flexibility index (Phi) is 5.52. The van der Waals surface area contributed by atoms with Crippen LogP contribution >= 0.6 is 23.5 Å². The Morgan fingerprint density at radius 2 is 2.38 bits per heavy atom. The lowest BCUT2D eigenvalue weighted by Crippen LogP contribution is -2.34. The van der Waals surface area contributed by atoms with E-state index in [0.717, 1.165) is 35.4 Å². The number of nitrogens with one attached hydrogen (secondary N) is 1. The average Bonchev–Trinajstić information content (AvgIpc) is 3.25. The maximum atomic E-state index is 12.3. The van der Waals surface area contributed by atoms with Crippen LogP contribution in [0.5, 0.6) is 0 Å². The van der Waals surface area contributed by atoms with E-state index < -0.39 is 0 Å². The van der Waals surface area contributed by atoms with Crippen molar-refractivity contribution in [3.63, 3.8) is 0 Å². The van der Waals surface area contributed by atoms with Crippen LogP contribution in [0.2, 0.25) is 0 Å². The number of aromatic nitrogens is 4. The molecule has 0 saturated heterocycles. The van der Waals surface area contributed by atoms with E-state index in [2.05, 4.69) is 25.5 Å². The average molecular weight is 362 g/mol. The molecule has 2 aromatic heterocycles. The van der Waals surface area contributed by atoms with Crippen LogP contribution in [0.4, 0.5) is 0 Å². The van der Waals surface area contributed by atoms with Crippen molar-refractivity contribution in [1.82, 2.24) is 25.1 Å². The number of hydrogen-bond donors (Lipinski definition) is 1. The van der Waals surface area contributed by atoms with Crippen LogP contribution in [0.3, 0.4) is 0 Å². The van der Waals surface area contributed by atoms with E-state index in [9.17, 15) is 4.79 Å². The van der Waals surface area contributed by atoms with Gasteiger partial charge in [0, 0.05) is 30.3 Å². The Morgan fingerprint density at radius 1 is 1.50 bits per heavy atom. The largest absolute Gasteiger partial charge is 0.304 e. The summed E-state index contributed by atoms with van der Waals surface area (Å²) in [6, 6.07) is 3.82. The molecule has 126 valence electrons. The molecule has 3 heterocycles. The van der Waals surface area contributed by atoms with Crippen molar-refractivity contribution in [2.45, 2.75) is 30.8 Å². The van der Waals surface area contributed by atoms with Crippen LogP contribution in [0, 0.1) is 0 Å². The van der Waals surface area contributed by atoms with Crippen LogP contribution in [0.15, 0.2) is 34.7 Å². The number of rotatable bonds is 5. The smallest absolute Gasteiger partial charge is 0.239 e. The van der Waals surface area contributed by atoms with E-state index in [0.29, 0.717) is 5.17 Å². The van der Waals surface area contributed by atoms with Crippen LogP contribution in [0.1, 0.15) is 13.8 Å². The van der Waals surface area contributed by atoms with E-state index in [-0.39, 0.29) is 11.2 Å². The monoisotopic (exact) mass is 362 g/mol. The van der Waals surface area contributed by atoms with E-state index in [1.807, 2.05) is 30.5 Å². The highest BCUT2D eigenvalue weighted by molar-refractivity contribution is 8.14. The topological polar surface area (TPSA) is 85.1 Å². The Balaban J connectivity index is 1.73. The molecular weight excluding hydrogens is 344 g/mol. The van der Waals surface area contributed by atoms with Gasteiger partial charge in [-0.2, -0.15) is 0 Å². The van der Waals surface area contributed by atoms with Gasteiger partial charge in [0.1, 0.15) is 0 Å². The van der Waals surface area contributed by atoms with Crippen molar-refractivity contribution in [3.8, 4) is 11.4 Å². The number of carbonyl (C=O) groups is 1. The fraction of sp³-hybridized carbons (Fsp3) is 0.400. The third-order valence-corrected chi connectivity index (χ3v) is 5.39. The lowest BCUT2D eigenvalue weighted by Gasteiger charge is -2.12. The van der Waals surface area contributed by atoms with Gasteiger partial charge in [-0.15, -0.1) is 10.2 Å². The zero-order chi connectivity index (χ0) is 16.9. The summed E-state index contributed by atoms with van der Waals surface area (Å²) in [5.74, 6) is 1.62. The van der Waals surface area contributed by atoms with Crippen molar-refractivity contribution in [3.05, 3.63) is 24.5 Å². The lowest BCUT2D eigenvalue weighted by molar-refractivity contribution is -0.118. The molecule has 1 atom stereocenters. The van der Waals surface area contributed by atoms with E-state index in [4.69, 9.17) is 0 Å². The maximum Gasteiger partial charge on any atom is 0.239 e. The molecule has 1 aliphatic rings. The predicted octanol–water partition coefficient (Wildman–Crippen LogP) is 2.06. The Bertz CT molecular complexity index is 746. The van der Waals surface area contributed by atoms with Crippen molar-refractivity contribution < 1.29 is 4.79 Å². The van der Waals surface area contributed by atoms with Gasteiger partial charge in [-0.25, -0.2) is 0 Å². The van der Waals surface area contributed by atoms with Gasteiger partial charge in [0.25, 0.3) is 0 Å². The second kappa shape index (κ2) is 7.80.